The molecule has 0 unspecified atom stereocenters. The first-order chi connectivity index (χ1) is 9.74. The smallest absolute Gasteiger partial charge is 0.275 e. The Bertz CT molecular complexity index is 904. The SMILES string of the molecule is [N-]=[N+]=NCCn1c(=O)c2cccn2c2c(F)cccc21. The predicted octanol–water partition coefficient (Wildman–Crippen LogP) is 2.70. The zero-order valence-corrected chi connectivity index (χ0v) is 10.4. The minimum absolute atomic E-state index is 0.138. The van der Waals surface area contributed by atoms with E-state index in [2.05, 4.69) is 10.0 Å². The molecule has 0 saturated heterocycles. The molecule has 0 aliphatic heterocycles. The van der Waals surface area contributed by atoms with E-state index in [4.69, 9.17) is 5.53 Å². The molecule has 0 saturated carbocycles. The fourth-order valence-electron chi connectivity index (χ4n) is 2.37. The van der Waals surface area contributed by atoms with Crippen LogP contribution in [0, 0.1) is 5.82 Å². The molecular formula is C13H10FN5O. The summed E-state index contributed by atoms with van der Waals surface area (Å²) in [5, 5.41) is 3.43. The Morgan fingerprint density at radius 2 is 2.05 bits per heavy atom. The van der Waals surface area contributed by atoms with Gasteiger partial charge in [0.1, 0.15) is 16.9 Å². The molecule has 2 aromatic heterocycles. The highest BCUT2D eigenvalue weighted by molar-refractivity contribution is 5.79. The van der Waals surface area contributed by atoms with Crippen LogP contribution >= 0.6 is 0 Å². The van der Waals surface area contributed by atoms with Gasteiger partial charge in [-0.1, -0.05) is 11.2 Å². The van der Waals surface area contributed by atoms with Crippen LogP contribution in [0.1, 0.15) is 0 Å². The molecule has 3 rings (SSSR count). The van der Waals surface area contributed by atoms with E-state index < -0.39 is 5.82 Å². The van der Waals surface area contributed by atoms with Crippen molar-refractivity contribution in [2.75, 3.05) is 6.54 Å². The lowest BCUT2D eigenvalue weighted by Crippen LogP contribution is -2.24. The summed E-state index contributed by atoms with van der Waals surface area (Å²) in [7, 11) is 0. The summed E-state index contributed by atoms with van der Waals surface area (Å²) in [5.41, 5.74) is 9.29. The maximum atomic E-state index is 14.1. The molecule has 20 heavy (non-hydrogen) atoms. The monoisotopic (exact) mass is 271 g/mol. The van der Waals surface area contributed by atoms with Crippen LogP contribution in [0.3, 0.4) is 0 Å². The molecular weight excluding hydrogens is 261 g/mol. The highest BCUT2D eigenvalue weighted by Crippen LogP contribution is 2.18. The van der Waals surface area contributed by atoms with Crippen LogP contribution < -0.4 is 5.56 Å². The van der Waals surface area contributed by atoms with Gasteiger partial charge in [0.05, 0.1) is 5.52 Å². The number of rotatable bonds is 3. The third kappa shape index (κ3) is 1.72. The average molecular weight is 271 g/mol. The predicted molar refractivity (Wildman–Crippen MR) is 73.1 cm³/mol. The molecule has 6 nitrogen and oxygen atoms in total. The molecule has 100 valence electrons. The Balaban J connectivity index is 2.41. The van der Waals surface area contributed by atoms with Gasteiger partial charge in [0.25, 0.3) is 5.56 Å². The Morgan fingerprint density at radius 1 is 1.25 bits per heavy atom. The van der Waals surface area contributed by atoms with Crippen molar-refractivity contribution in [3.63, 3.8) is 0 Å². The molecule has 0 amide bonds. The Kier molecular flexibility index (Phi) is 2.89. The number of halogens is 1. The highest BCUT2D eigenvalue weighted by atomic mass is 19.1. The van der Waals surface area contributed by atoms with Crippen molar-refractivity contribution in [2.24, 2.45) is 5.11 Å². The molecule has 0 radical (unpaired) electrons. The van der Waals surface area contributed by atoms with E-state index in [1.54, 1.807) is 30.5 Å². The summed E-state index contributed by atoms with van der Waals surface area (Å²) in [6, 6.07) is 7.91. The van der Waals surface area contributed by atoms with Gasteiger partial charge in [-0.2, -0.15) is 0 Å². The number of aromatic nitrogens is 2. The summed E-state index contributed by atoms with van der Waals surface area (Å²) >= 11 is 0. The maximum absolute atomic E-state index is 14.1. The van der Waals surface area contributed by atoms with E-state index in [1.807, 2.05) is 0 Å². The van der Waals surface area contributed by atoms with E-state index >= 15 is 0 Å². The number of para-hydroxylation sites is 1. The second kappa shape index (κ2) is 4.71. The topological polar surface area (TPSA) is 75.2 Å². The van der Waals surface area contributed by atoms with Crippen molar-refractivity contribution >= 4 is 16.6 Å². The summed E-state index contributed by atoms with van der Waals surface area (Å²) in [4.78, 5) is 15.1. The fraction of sp³-hybridized carbons (Fsp3) is 0.154. The Morgan fingerprint density at radius 3 is 2.85 bits per heavy atom. The molecule has 0 bridgehead atoms. The van der Waals surface area contributed by atoms with Crippen molar-refractivity contribution in [3.8, 4) is 0 Å². The lowest BCUT2D eigenvalue weighted by molar-refractivity contribution is 0.631. The minimum Gasteiger partial charge on any atom is -0.308 e. The highest BCUT2D eigenvalue weighted by Gasteiger charge is 2.12. The second-order valence-electron chi connectivity index (χ2n) is 4.28. The van der Waals surface area contributed by atoms with Crippen LogP contribution in [-0.4, -0.2) is 15.5 Å². The third-order valence-corrected chi connectivity index (χ3v) is 3.20. The van der Waals surface area contributed by atoms with Gasteiger partial charge in [0.15, 0.2) is 0 Å². The van der Waals surface area contributed by atoms with Crippen molar-refractivity contribution < 1.29 is 4.39 Å². The van der Waals surface area contributed by atoms with Crippen LogP contribution in [-0.2, 0) is 6.54 Å². The van der Waals surface area contributed by atoms with Gasteiger partial charge in [0.2, 0.25) is 0 Å². The molecule has 2 heterocycles. The normalized spacial score (nSPS) is 10.8. The van der Waals surface area contributed by atoms with Gasteiger partial charge < -0.3 is 8.97 Å². The third-order valence-electron chi connectivity index (χ3n) is 3.20. The number of azide groups is 1. The molecule has 0 aliphatic rings. The van der Waals surface area contributed by atoms with Crippen molar-refractivity contribution in [1.82, 2.24) is 8.97 Å². The van der Waals surface area contributed by atoms with Gasteiger partial charge in [-0.05, 0) is 29.8 Å². The van der Waals surface area contributed by atoms with Gasteiger partial charge >= 0.3 is 0 Å². The van der Waals surface area contributed by atoms with Gasteiger partial charge in [-0.15, -0.1) is 0 Å². The van der Waals surface area contributed by atoms with Crippen LogP contribution in [0.25, 0.3) is 27.0 Å². The number of hydrogen-bond donors (Lipinski definition) is 0. The summed E-state index contributed by atoms with van der Waals surface area (Å²) in [6.07, 6.45) is 1.65. The zero-order chi connectivity index (χ0) is 14.1. The van der Waals surface area contributed by atoms with Crippen molar-refractivity contribution in [2.45, 2.75) is 6.54 Å². The van der Waals surface area contributed by atoms with Crippen molar-refractivity contribution in [1.29, 1.82) is 0 Å². The number of hydrogen-bond acceptors (Lipinski definition) is 2. The first-order valence-corrected chi connectivity index (χ1v) is 6.03. The van der Waals surface area contributed by atoms with E-state index in [1.165, 1.54) is 15.0 Å². The first kappa shape index (κ1) is 12.3. The zero-order valence-electron chi connectivity index (χ0n) is 10.4. The van der Waals surface area contributed by atoms with Crippen LogP contribution in [0.5, 0.6) is 0 Å². The Hall–Kier alpha value is -2.79. The molecule has 1 aromatic carbocycles. The van der Waals surface area contributed by atoms with Crippen molar-refractivity contribution in [3.05, 3.63) is 63.1 Å². The van der Waals surface area contributed by atoms with Crippen LogP contribution in [0.2, 0.25) is 0 Å². The second-order valence-corrected chi connectivity index (χ2v) is 4.28. The van der Waals surface area contributed by atoms with E-state index in [0.717, 1.165) is 0 Å². The van der Waals surface area contributed by atoms with E-state index in [0.29, 0.717) is 16.6 Å². The lowest BCUT2D eigenvalue weighted by atomic mass is 10.2. The van der Waals surface area contributed by atoms with Crippen LogP contribution in [0.4, 0.5) is 4.39 Å². The lowest BCUT2D eigenvalue weighted by Gasteiger charge is -2.11. The van der Waals surface area contributed by atoms with E-state index in [-0.39, 0.29) is 18.6 Å². The average Bonchev–Trinajstić information content (AvgIpc) is 2.92. The Labute approximate surface area is 112 Å². The molecule has 0 fully saturated rings. The maximum Gasteiger partial charge on any atom is 0.275 e. The molecule has 0 aliphatic carbocycles. The summed E-state index contributed by atoms with van der Waals surface area (Å²) in [5.74, 6) is -0.402. The minimum atomic E-state index is -0.402. The van der Waals surface area contributed by atoms with Gasteiger partial charge in [-0.3, -0.25) is 4.79 Å². The molecule has 0 atom stereocenters. The molecule has 0 N–H and O–H groups in total. The standard InChI is InChI=1S/C13H10FN5O/c14-9-3-1-4-10-12(9)18-7-2-5-11(18)13(20)19(10)8-6-16-17-15/h1-5,7H,6,8H2. The molecule has 7 heteroatoms. The summed E-state index contributed by atoms with van der Waals surface area (Å²) < 4.78 is 17.0. The largest absolute Gasteiger partial charge is 0.308 e. The number of fused-ring (bicyclic) bond motifs is 3. The molecule has 0 spiro atoms. The molecule has 3 aromatic rings. The van der Waals surface area contributed by atoms with Crippen LogP contribution in [0.15, 0.2) is 46.4 Å². The summed E-state index contributed by atoms with van der Waals surface area (Å²) in [6.45, 7) is 0.351. The fourth-order valence-corrected chi connectivity index (χ4v) is 2.37. The van der Waals surface area contributed by atoms with Gasteiger partial charge in [-0.25, -0.2) is 4.39 Å². The van der Waals surface area contributed by atoms with E-state index in [9.17, 15) is 9.18 Å². The first-order valence-electron chi connectivity index (χ1n) is 6.03. The number of nitrogens with zero attached hydrogens (tertiary/aromatic N) is 5. The number of benzene rings is 1. The quantitative estimate of drug-likeness (QED) is 0.410. The van der Waals surface area contributed by atoms with Gasteiger partial charge in [0, 0.05) is 24.2 Å².